The summed E-state index contributed by atoms with van der Waals surface area (Å²) in [5.74, 6) is 0.771. The number of aryl methyl sites for hydroxylation is 1. The van der Waals surface area contributed by atoms with E-state index in [1.165, 1.54) is 13.0 Å². The summed E-state index contributed by atoms with van der Waals surface area (Å²) in [7, 11) is 3.11. The van der Waals surface area contributed by atoms with Gasteiger partial charge in [-0.3, -0.25) is 9.59 Å². The predicted octanol–water partition coefficient (Wildman–Crippen LogP) is 3.62. The molecule has 6 heteroatoms. The van der Waals surface area contributed by atoms with Crippen LogP contribution in [0.15, 0.2) is 42.5 Å². The van der Waals surface area contributed by atoms with E-state index in [0.717, 1.165) is 11.1 Å². The Hall–Kier alpha value is -3.28. The maximum absolute atomic E-state index is 12.2. The van der Waals surface area contributed by atoms with Gasteiger partial charge in [0.05, 0.1) is 14.2 Å². The number of methoxy groups -OCH3 is 2. The van der Waals surface area contributed by atoms with Crippen LogP contribution in [0, 0.1) is 6.92 Å². The average Bonchev–Trinajstić information content (AvgIpc) is 2.62. The van der Waals surface area contributed by atoms with Gasteiger partial charge in [0, 0.05) is 30.4 Å². The molecule has 0 saturated heterocycles. The highest BCUT2D eigenvalue weighted by Gasteiger charge is 2.09. The Morgan fingerprint density at radius 3 is 2.15 bits per heavy atom. The zero-order valence-electron chi connectivity index (χ0n) is 15.3. The Morgan fingerprint density at radius 2 is 1.58 bits per heavy atom. The summed E-state index contributed by atoms with van der Waals surface area (Å²) in [6, 6.07) is 10.7. The van der Waals surface area contributed by atoms with E-state index < -0.39 is 0 Å². The van der Waals surface area contributed by atoms with E-state index >= 15 is 0 Å². The predicted molar refractivity (Wildman–Crippen MR) is 103 cm³/mol. The molecule has 0 aliphatic carbocycles. The van der Waals surface area contributed by atoms with Gasteiger partial charge < -0.3 is 20.1 Å². The number of amides is 2. The van der Waals surface area contributed by atoms with Crippen LogP contribution >= 0.6 is 0 Å². The van der Waals surface area contributed by atoms with Crippen molar-refractivity contribution in [1.82, 2.24) is 0 Å². The molecule has 2 rings (SSSR count). The monoisotopic (exact) mass is 354 g/mol. The second-order valence-electron chi connectivity index (χ2n) is 5.65. The van der Waals surface area contributed by atoms with Gasteiger partial charge in [0.1, 0.15) is 0 Å². The first-order valence-corrected chi connectivity index (χ1v) is 8.02. The van der Waals surface area contributed by atoms with Gasteiger partial charge in [-0.15, -0.1) is 0 Å². The van der Waals surface area contributed by atoms with E-state index in [4.69, 9.17) is 9.47 Å². The minimum atomic E-state index is -0.258. The van der Waals surface area contributed by atoms with Gasteiger partial charge in [0.15, 0.2) is 11.5 Å². The minimum absolute atomic E-state index is 0.127. The molecule has 136 valence electrons. The van der Waals surface area contributed by atoms with E-state index in [-0.39, 0.29) is 11.8 Å². The minimum Gasteiger partial charge on any atom is -0.493 e. The van der Waals surface area contributed by atoms with Gasteiger partial charge in [0.2, 0.25) is 11.8 Å². The molecule has 0 aliphatic heterocycles. The molecule has 0 unspecified atom stereocenters. The van der Waals surface area contributed by atoms with Crippen molar-refractivity contribution in [2.24, 2.45) is 0 Å². The topological polar surface area (TPSA) is 76.7 Å². The summed E-state index contributed by atoms with van der Waals surface area (Å²) in [5.41, 5.74) is 3.07. The molecule has 0 saturated carbocycles. The SMILES string of the molecule is COc1cc(C)c(NC(=O)/C=C/c2ccc(NC(C)=O)cc2)cc1OC. The van der Waals surface area contributed by atoms with Crippen molar-refractivity contribution in [2.75, 3.05) is 24.9 Å². The third-order valence-electron chi connectivity index (χ3n) is 3.65. The fraction of sp³-hybridized carbons (Fsp3) is 0.200. The Morgan fingerprint density at radius 1 is 0.962 bits per heavy atom. The summed E-state index contributed by atoms with van der Waals surface area (Å²) in [4.78, 5) is 23.2. The van der Waals surface area contributed by atoms with E-state index in [1.807, 2.05) is 19.1 Å². The molecule has 0 heterocycles. The maximum atomic E-state index is 12.2. The van der Waals surface area contributed by atoms with Crippen molar-refractivity contribution in [3.63, 3.8) is 0 Å². The third-order valence-corrected chi connectivity index (χ3v) is 3.65. The van der Waals surface area contributed by atoms with Crippen LogP contribution in [0.4, 0.5) is 11.4 Å². The molecule has 0 fully saturated rings. The molecule has 2 aromatic rings. The second-order valence-corrected chi connectivity index (χ2v) is 5.65. The van der Waals surface area contributed by atoms with Crippen molar-refractivity contribution in [2.45, 2.75) is 13.8 Å². The van der Waals surface area contributed by atoms with Crippen LogP contribution < -0.4 is 20.1 Å². The Labute approximate surface area is 152 Å². The van der Waals surface area contributed by atoms with Crippen LogP contribution in [0.5, 0.6) is 11.5 Å². The molecule has 0 aliphatic rings. The van der Waals surface area contributed by atoms with E-state index in [0.29, 0.717) is 22.9 Å². The Kier molecular flexibility index (Phi) is 6.38. The van der Waals surface area contributed by atoms with Crippen molar-refractivity contribution >= 4 is 29.3 Å². The van der Waals surface area contributed by atoms with Crippen LogP contribution in [-0.4, -0.2) is 26.0 Å². The van der Waals surface area contributed by atoms with Crippen LogP contribution in [0.3, 0.4) is 0 Å². The van der Waals surface area contributed by atoms with Crippen molar-refractivity contribution in [1.29, 1.82) is 0 Å². The number of ether oxygens (including phenoxy) is 2. The molecule has 0 atom stereocenters. The Balaban J connectivity index is 2.06. The molecule has 0 spiro atoms. The molecule has 0 radical (unpaired) electrons. The van der Waals surface area contributed by atoms with Gasteiger partial charge in [-0.25, -0.2) is 0 Å². The van der Waals surface area contributed by atoms with Crippen molar-refractivity contribution in [3.05, 3.63) is 53.6 Å². The summed E-state index contributed by atoms with van der Waals surface area (Å²) >= 11 is 0. The van der Waals surface area contributed by atoms with Crippen molar-refractivity contribution < 1.29 is 19.1 Å². The number of carbonyl (C=O) groups is 2. The van der Waals surface area contributed by atoms with E-state index in [9.17, 15) is 9.59 Å². The zero-order chi connectivity index (χ0) is 19.1. The van der Waals surface area contributed by atoms with Crippen LogP contribution in [0.2, 0.25) is 0 Å². The quantitative estimate of drug-likeness (QED) is 0.777. The molecule has 2 N–H and O–H groups in total. The second kappa shape index (κ2) is 8.71. The molecule has 26 heavy (non-hydrogen) atoms. The fourth-order valence-corrected chi connectivity index (χ4v) is 2.34. The number of nitrogens with one attached hydrogen (secondary N) is 2. The lowest BCUT2D eigenvalue weighted by molar-refractivity contribution is -0.114. The number of anilines is 2. The third kappa shape index (κ3) is 5.11. The summed E-state index contributed by atoms with van der Waals surface area (Å²) in [6.45, 7) is 3.33. The smallest absolute Gasteiger partial charge is 0.248 e. The highest BCUT2D eigenvalue weighted by Crippen LogP contribution is 2.32. The normalized spacial score (nSPS) is 10.5. The zero-order valence-corrected chi connectivity index (χ0v) is 15.3. The Bertz CT molecular complexity index is 826. The van der Waals surface area contributed by atoms with Gasteiger partial charge in [-0.05, 0) is 42.3 Å². The molecule has 2 amide bonds. The highest BCUT2D eigenvalue weighted by molar-refractivity contribution is 6.02. The van der Waals surface area contributed by atoms with Crippen LogP contribution in [0.25, 0.3) is 6.08 Å². The summed E-state index contributed by atoms with van der Waals surface area (Å²) in [6.07, 6.45) is 3.15. The first-order chi connectivity index (χ1) is 12.4. The lowest BCUT2D eigenvalue weighted by Gasteiger charge is -2.12. The van der Waals surface area contributed by atoms with Crippen LogP contribution in [-0.2, 0) is 9.59 Å². The molecule has 0 aromatic heterocycles. The number of hydrogen-bond donors (Lipinski definition) is 2. The van der Waals surface area contributed by atoms with Gasteiger partial charge in [-0.2, -0.15) is 0 Å². The molecular formula is C20H22N2O4. The van der Waals surface area contributed by atoms with Gasteiger partial charge >= 0.3 is 0 Å². The standard InChI is InChI=1S/C20H22N2O4/c1-13-11-18(25-3)19(26-4)12-17(13)22-20(24)10-7-15-5-8-16(9-6-15)21-14(2)23/h5-12H,1-4H3,(H,21,23)(H,22,24)/b10-7+. The fourth-order valence-electron chi connectivity index (χ4n) is 2.34. The molecule has 2 aromatic carbocycles. The van der Waals surface area contributed by atoms with Gasteiger partial charge in [-0.1, -0.05) is 12.1 Å². The van der Waals surface area contributed by atoms with E-state index in [1.54, 1.807) is 44.6 Å². The summed E-state index contributed by atoms with van der Waals surface area (Å²) < 4.78 is 10.5. The number of hydrogen-bond acceptors (Lipinski definition) is 4. The lowest BCUT2D eigenvalue weighted by atomic mass is 10.1. The lowest BCUT2D eigenvalue weighted by Crippen LogP contribution is -2.09. The molecular weight excluding hydrogens is 332 g/mol. The number of benzene rings is 2. The maximum Gasteiger partial charge on any atom is 0.248 e. The first-order valence-electron chi connectivity index (χ1n) is 8.02. The summed E-state index contributed by atoms with van der Waals surface area (Å²) in [5, 5.41) is 5.52. The van der Waals surface area contributed by atoms with Gasteiger partial charge in [0.25, 0.3) is 0 Å². The van der Waals surface area contributed by atoms with Crippen molar-refractivity contribution in [3.8, 4) is 11.5 Å². The number of rotatable bonds is 6. The van der Waals surface area contributed by atoms with Crippen LogP contribution in [0.1, 0.15) is 18.1 Å². The first kappa shape index (κ1) is 19.1. The largest absolute Gasteiger partial charge is 0.493 e. The number of carbonyl (C=O) groups excluding carboxylic acids is 2. The van der Waals surface area contributed by atoms with E-state index in [2.05, 4.69) is 10.6 Å². The molecule has 6 nitrogen and oxygen atoms in total. The average molecular weight is 354 g/mol. The molecule has 0 bridgehead atoms. The highest BCUT2D eigenvalue weighted by atomic mass is 16.5.